The van der Waals surface area contributed by atoms with Crippen molar-refractivity contribution in [1.82, 2.24) is 0 Å². The Morgan fingerprint density at radius 2 is 1.58 bits per heavy atom. The van der Waals surface area contributed by atoms with Crippen LogP contribution in [0.25, 0.3) is 9.69 Å². The van der Waals surface area contributed by atoms with E-state index in [2.05, 4.69) is 25.6 Å². The van der Waals surface area contributed by atoms with Gasteiger partial charge in [0.15, 0.2) is 0 Å². The molecule has 0 spiro atoms. The SMILES string of the molecule is [C-]#[N+]c1ccc(O)cc1F.[C-]#[N+]c1ccc(OCCCBr)cc1F. The summed E-state index contributed by atoms with van der Waals surface area (Å²) in [5.74, 6) is -0.910. The molecule has 0 aliphatic heterocycles. The Kier molecular flexibility index (Phi) is 8.24. The molecule has 0 fully saturated rings. The topological polar surface area (TPSA) is 38.2 Å². The third kappa shape index (κ3) is 6.23. The van der Waals surface area contributed by atoms with Gasteiger partial charge in [-0.25, -0.2) is 18.5 Å². The van der Waals surface area contributed by atoms with Crippen LogP contribution in [0.5, 0.6) is 11.5 Å². The second-order valence-corrected chi connectivity index (χ2v) is 5.16. The summed E-state index contributed by atoms with van der Waals surface area (Å²) in [6.07, 6.45) is 0.867. The third-order valence-corrected chi connectivity index (χ3v) is 3.20. The van der Waals surface area contributed by atoms with Crippen LogP contribution in [0.4, 0.5) is 20.2 Å². The van der Waals surface area contributed by atoms with Crippen LogP contribution in [0, 0.1) is 24.8 Å². The lowest BCUT2D eigenvalue weighted by molar-refractivity contribution is 0.317. The normalized spacial score (nSPS) is 9.21. The highest BCUT2D eigenvalue weighted by Crippen LogP contribution is 2.23. The Morgan fingerprint density at radius 3 is 2.08 bits per heavy atom. The molecule has 0 heterocycles. The average Bonchev–Trinajstić information content (AvgIpc) is 2.56. The Labute approximate surface area is 147 Å². The number of phenolic OH excluding ortho intramolecular Hbond substituents is 1. The molecule has 0 unspecified atom stereocenters. The average molecular weight is 395 g/mol. The molecule has 0 saturated carbocycles. The third-order valence-electron chi connectivity index (χ3n) is 2.64. The Hall–Kier alpha value is -2.64. The summed E-state index contributed by atoms with van der Waals surface area (Å²) < 4.78 is 30.8. The number of hydrogen-bond donors (Lipinski definition) is 1. The molecular formula is C17H13BrF2N2O2. The summed E-state index contributed by atoms with van der Waals surface area (Å²) in [6, 6.07) is 7.68. The number of halogens is 3. The van der Waals surface area contributed by atoms with Crippen molar-refractivity contribution in [2.75, 3.05) is 11.9 Å². The van der Waals surface area contributed by atoms with Crippen molar-refractivity contribution < 1.29 is 18.6 Å². The van der Waals surface area contributed by atoms with E-state index in [-0.39, 0.29) is 17.1 Å². The zero-order chi connectivity index (χ0) is 17.9. The van der Waals surface area contributed by atoms with E-state index in [0.29, 0.717) is 12.4 Å². The molecule has 0 aliphatic rings. The molecule has 0 saturated heterocycles. The summed E-state index contributed by atoms with van der Waals surface area (Å²) in [6.45, 7) is 13.7. The lowest BCUT2D eigenvalue weighted by atomic mass is 10.3. The number of aromatic hydroxyl groups is 1. The first-order chi connectivity index (χ1) is 11.5. The molecule has 1 N–H and O–H groups in total. The highest BCUT2D eigenvalue weighted by molar-refractivity contribution is 9.09. The largest absolute Gasteiger partial charge is 0.508 e. The minimum absolute atomic E-state index is 0.0258. The maximum Gasteiger partial charge on any atom is 0.222 e. The summed E-state index contributed by atoms with van der Waals surface area (Å²) >= 11 is 3.27. The van der Waals surface area contributed by atoms with Crippen molar-refractivity contribution >= 4 is 27.3 Å². The van der Waals surface area contributed by atoms with Gasteiger partial charge in [-0.3, -0.25) is 0 Å². The number of nitrogens with zero attached hydrogens (tertiary/aromatic N) is 2. The van der Waals surface area contributed by atoms with Crippen molar-refractivity contribution in [2.45, 2.75) is 6.42 Å². The molecular weight excluding hydrogens is 382 g/mol. The predicted molar refractivity (Wildman–Crippen MR) is 90.9 cm³/mol. The maximum absolute atomic E-state index is 13.1. The number of phenols is 1. The van der Waals surface area contributed by atoms with E-state index >= 15 is 0 Å². The number of alkyl halides is 1. The van der Waals surface area contributed by atoms with Gasteiger partial charge < -0.3 is 9.84 Å². The molecule has 0 aliphatic carbocycles. The van der Waals surface area contributed by atoms with E-state index in [1.807, 2.05) is 0 Å². The van der Waals surface area contributed by atoms with Gasteiger partial charge in [0, 0.05) is 17.5 Å². The molecule has 2 aromatic carbocycles. The van der Waals surface area contributed by atoms with Crippen LogP contribution in [0.2, 0.25) is 0 Å². The van der Waals surface area contributed by atoms with Gasteiger partial charge >= 0.3 is 0 Å². The highest BCUT2D eigenvalue weighted by atomic mass is 79.9. The Bertz CT molecular complexity index is 770. The lowest BCUT2D eigenvalue weighted by Crippen LogP contribution is -1.97. The van der Waals surface area contributed by atoms with Crippen LogP contribution >= 0.6 is 15.9 Å². The molecule has 4 nitrogen and oxygen atoms in total. The van der Waals surface area contributed by atoms with Crippen molar-refractivity contribution in [1.29, 1.82) is 0 Å². The van der Waals surface area contributed by atoms with E-state index in [9.17, 15) is 8.78 Å². The standard InChI is InChI=1S/C10H9BrFNO.C7H4FNO/c1-13-10-4-3-8(7-9(10)12)14-6-2-5-11;1-9-7-3-2-5(10)4-6(7)8/h3-4,7H,2,5-6H2;2-4,10H. The molecule has 0 atom stereocenters. The van der Waals surface area contributed by atoms with E-state index in [0.717, 1.165) is 17.8 Å². The van der Waals surface area contributed by atoms with Gasteiger partial charge in [0.05, 0.1) is 19.8 Å². The predicted octanol–water partition coefficient (Wildman–Crippen LogP) is 5.62. The van der Waals surface area contributed by atoms with Crippen LogP contribution in [-0.2, 0) is 0 Å². The number of rotatable bonds is 4. The molecule has 24 heavy (non-hydrogen) atoms. The van der Waals surface area contributed by atoms with Gasteiger partial charge in [-0.1, -0.05) is 15.9 Å². The van der Waals surface area contributed by atoms with Crippen LogP contribution in [0.3, 0.4) is 0 Å². The summed E-state index contributed by atoms with van der Waals surface area (Å²) in [5, 5.41) is 9.55. The number of hydrogen-bond acceptors (Lipinski definition) is 2. The first kappa shape index (κ1) is 19.4. The highest BCUT2D eigenvalue weighted by Gasteiger charge is 2.03. The fourth-order valence-electron chi connectivity index (χ4n) is 1.50. The van der Waals surface area contributed by atoms with Gasteiger partial charge in [0.2, 0.25) is 11.4 Å². The maximum atomic E-state index is 13.1. The molecule has 7 heteroatoms. The molecule has 2 aromatic rings. The lowest BCUT2D eigenvalue weighted by Gasteiger charge is -2.04. The molecule has 0 radical (unpaired) electrons. The van der Waals surface area contributed by atoms with E-state index < -0.39 is 11.6 Å². The number of benzene rings is 2. The summed E-state index contributed by atoms with van der Waals surface area (Å²) in [5.41, 5.74) is -0.0457. The zero-order valence-corrected chi connectivity index (χ0v) is 14.1. The van der Waals surface area contributed by atoms with Crippen molar-refractivity contribution in [3.05, 3.63) is 70.9 Å². The van der Waals surface area contributed by atoms with Gasteiger partial charge in [-0.15, -0.1) is 0 Å². The molecule has 0 amide bonds. The van der Waals surface area contributed by atoms with Crippen LogP contribution in [0.1, 0.15) is 6.42 Å². The quantitative estimate of drug-likeness (QED) is 0.415. The van der Waals surface area contributed by atoms with E-state index in [4.69, 9.17) is 23.0 Å². The van der Waals surface area contributed by atoms with Gasteiger partial charge in [0.25, 0.3) is 0 Å². The van der Waals surface area contributed by atoms with E-state index in [1.165, 1.54) is 24.3 Å². The van der Waals surface area contributed by atoms with Gasteiger partial charge in [-0.05, 0) is 30.7 Å². The minimum Gasteiger partial charge on any atom is -0.508 e. The van der Waals surface area contributed by atoms with Crippen LogP contribution in [0.15, 0.2) is 36.4 Å². The monoisotopic (exact) mass is 394 g/mol. The molecule has 2 rings (SSSR count). The van der Waals surface area contributed by atoms with Gasteiger partial charge in [-0.2, -0.15) is 0 Å². The molecule has 124 valence electrons. The van der Waals surface area contributed by atoms with Crippen LogP contribution < -0.4 is 4.74 Å². The van der Waals surface area contributed by atoms with Gasteiger partial charge in [0.1, 0.15) is 23.1 Å². The second kappa shape index (κ2) is 10.2. The van der Waals surface area contributed by atoms with E-state index in [1.54, 1.807) is 6.07 Å². The number of ether oxygens (including phenoxy) is 1. The zero-order valence-electron chi connectivity index (χ0n) is 12.5. The fraction of sp³-hybridized carbons (Fsp3) is 0.176. The van der Waals surface area contributed by atoms with Crippen molar-refractivity contribution in [3.63, 3.8) is 0 Å². The smallest absolute Gasteiger partial charge is 0.222 e. The second-order valence-electron chi connectivity index (χ2n) is 4.36. The van der Waals surface area contributed by atoms with Crippen molar-refractivity contribution in [2.24, 2.45) is 0 Å². The summed E-state index contributed by atoms with van der Waals surface area (Å²) in [7, 11) is 0. The Morgan fingerprint density at radius 1 is 1.00 bits per heavy atom. The summed E-state index contributed by atoms with van der Waals surface area (Å²) in [4.78, 5) is 5.89. The first-order valence-corrected chi connectivity index (χ1v) is 7.85. The van der Waals surface area contributed by atoms with Crippen LogP contribution in [-0.4, -0.2) is 17.0 Å². The minimum atomic E-state index is -0.685. The first-order valence-electron chi connectivity index (χ1n) is 6.73. The van der Waals surface area contributed by atoms with Crippen molar-refractivity contribution in [3.8, 4) is 11.5 Å². The Balaban J connectivity index is 0.000000254. The molecule has 0 bridgehead atoms. The fourth-order valence-corrected chi connectivity index (χ4v) is 1.73. The molecule has 0 aromatic heterocycles.